The van der Waals surface area contributed by atoms with Crippen molar-refractivity contribution in [1.29, 1.82) is 0 Å². The molecule has 0 aliphatic carbocycles. The number of nitrogens with two attached hydrogens (primary N) is 1. The van der Waals surface area contributed by atoms with E-state index in [0.29, 0.717) is 13.2 Å². The van der Waals surface area contributed by atoms with Crippen LogP contribution >= 0.6 is 15.9 Å². The lowest BCUT2D eigenvalue weighted by atomic mass is 10.1. The zero-order chi connectivity index (χ0) is 14.4. The van der Waals surface area contributed by atoms with Gasteiger partial charge in [0.1, 0.15) is 18.1 Å². The predicted molar refractivity (Wildman–Crippen MR) is 84.2 cm³/mol. The highest BCUT2D eigenvalue weighted by molar-refractivity contribution is 9.10. The van der Waals surface area contributed by atoms with E-state index < -0.39 is 0 Å². The molecule has 0 radical (unpaired) electrons. The van der Waals surface area contributed by atoms with Crippen LogP contribution in [0.5, 0.6) is 11.5 Å². The van der Waals surface area contributed by atoms with Gasteiger partial charge < -0.3 is 15.2 Å². The van der Waals surface area contributed by atoms with Crippen molar-refractivity contribution in [2.24, 2.45) is 5.73 Å². The third kappa shape index (κ3) is 3.74. The highest BCUT2D eigenvalue weighted by atomic mass is 79.9. The minimum atomic E-state index is 0.518. The number of methoxy groups -OCH3 is 1. The Balaban J connectivity index is 2.07. The van der Waals surface area contributed by atoms with Gasteiger partial charge >= 0.3 is 0 Å². The van der Waals surface area contributed by atoms with E-state index in [4.69, 9.17) is 15.2 Å². The number of hydrogen-bond acceptors (Lipinski definition) is 3. The van der Waals surface area contributed by atoms with Gasteiger partial charge in [-0.05, 0) is 58.2 Å². The third-order valence-electron chi connectivity index (χ3n) is 3.00. The summed E-state index contributed by atoms with van der Waals surface area (Å²) in [6, 6.07) is 13.9. The summed E-state index contributed by atoms with van der Waals surface area (Å²) < 4.78 is 12.0. The molecule has 0 aliphatic heterocycles. The molecule has 3 nitrogen and oxygen atoms in total. The summed E-state index contributed by atoms with van der Waals surface area (Å²) in [5.41, 5.74) is 7.84. The molecule has 0 atom stereocenters. The minimum absolute atomic E-state index is 0.518. The largest absolute Gasteiger partial charge is 0.496 e. The topological polar surface area (TPSA) is 44.5 Å². The Morgan fingerprint density at radius 3 is 2.60 bits per heavy atom. The van der Waals surface area contributed by atoms with Crippen molar-refractivity contribution in [3.8, 4) is 11.5 Å². The molecular weight excluding hydrogens is 318 g/mol. The maximum atomic E-state index is 5.89. The molecule has 0 saturated carbocycles. The second-order valence-electron chi connectivity index (χ2n) is 4.40. The van der Waals surface area contributed by atoms with Gasteiger partial charge in [0.05, 0.1) is 11.6 Å². The molecule has 2 rings (SSSR count). The van der Waals surface area contributed by atoms with Gasteiger partial charge in [-0.1, -0.05) is 24.3 Å². The van der Waals surface area contributed by atoms with Gasteiger partial charge in [0.15, 0.2) is 0 Å². The fraction of sp³-hybridized carbons (Fsp3) is 0.250. The molecule has 0 unspecified atom stereocenters. The molecule has 0 fully saturated rings. The first-order chi connectivity index (χ1) is 9.74. The molecular formula is C16H18BrNO2. The summed E-state index contributed by atoms with van der Waals surface area (Å²) in [5.74, 6) is 1.71. The van der Waals surface area contributed by atoms with Crippen LogP contribution in [0.1, 0.15) is 11.1 Å². The summed E-state index contributed by atoms with van der Waals surface area (Å²) in [6.45, 7) is 1.14. The Morgan fingerprint density at radius 1 is 1.10 bits per heavy atom. The van der Waals surface area contributed by atoms with Crippen molar-refractivity contribution in [3.63, 3.8) is 0 Å². The summed E-state index contributed by atoms with van der Waals surface area (Å²) in [6.07, 6.45) is 0.822. The molecule has 2 aromatic rings. The summed E-state index contributed by atoms with van der Waals surface area (Å²) >= 11 is 3.48. The molecule has 0 aliphatic rings. The molecule has 0 heterocycles. The van der Waals surface area contributed by atoms with E-state index in [2.05, 4.69) is 15.9 Å². The average molecular weight is 336 g/mol. The van der Waals surface area contributed by atoms with E-state index in [0.717, 1.165) is 33.5 Å². The van der Waals surface area contributed by atoms with Crippen LogP contribution < -0.4 is 15.2 Å². The van der Waals surface area contributed by atoms with Gasteiger partial charge in [-0.15, -0.1) is 0 Å². The fourth-order valence-corrected chi connectivity index (χ4v) is 2.56. The number of benzene rings is 2. The van der Waals surface area contributed by atoms with Crippen molar-refractivity contribution in [3.05, 3.63) is 58.1 Å². The molecule has 0 saturated heterocycles. The fourth-order valence-electron chi connectivity index (χ4n) is 1.97. The Hall–Kier alpha value is -1.52. The van der Waals surface area contributed by atoms with Crippen molar-refractivity contribution >= 4 is 15.9 Å². The van der Waals surface area contributed by atoms with Gasteiger partial charge in [0, 0.05) is 0 Å². The van der Waals surface area contributed by atoms with Crippen LogP contribution in [0, 0.1) is 0 Å². The first-order valence-electron chi connectivity index (χ1n) is 6.47. The zero-order valence-electron chi connectivity index (χ0n) is 11.4. The quantitative estimate of drug-likeness (QED) is 0.878. The monoisotopic (exact) mass is 335 g/mol. The maximum Gasteiger partial charge on any atom is 0.133 e. The molecule has 4 heteroatoms. The minimum Gasteiger partial charge on any atom is -0.496 e. The molecule has 106 valence electrons. The number of ether oxygens (including phenoxy) is 2. The Bertz CT molecular complexity index is 572. The van der Waals surface area contributed by atoms with Crippen LogP contribution in [0.3, 0.4) is 0 Å². The van der Waals surface area contributed by atoms with Crippen molar-refractivity contribution in [2.75, 3.05) is 13.7 Å². The SMILES string of the molecule is COc1ccc(COc2ccccc2CCN)cc1Br. The first-order valence-corrected chi connectivity index (χ1v) is 7.27. The van der Waals surface area contributed by atoms with Crippen LogP contribution in [-0.2, 0) is 13.0 Å². The summed E-state index contributed by atoms with van der Waals surface area (Å²) in [4.78, 5) is 0. The van der Waals surface area contributed by atoms with Crippen LogP contribution in [-0.4, -0.2) is 13.7 Å². The molecule has 2 N–H and O–H groups in total. The molecule has 0 amide bonds. The van der Waals surface area contributed by atoms with Crippen molar-refractivity contribution < 1.29 is 9.47 Å². The molecule has 0 bridgehead atoms. The molecule has 0 aromatic heterocycles. The molecule has 2 aromatic carbocycles. The van der Waals surface area contributed by atoms with Gasteiger partial charge in [-0.25, -0.2) is 0 Å². The average Bonchev–Trinajstić information content (AvgIpc) is 2.47. The number of hydrogen-bond donors (Lipinski definition) is 1. The summed E-state index contributed by atoms with van der Waals surface area (Å²) in [5, 5.41) is 0. The van der Waals surface area contributed by atoms with Gasteiger partial charge in [0.25, 0.3) is 0 Å². The highest BCUT2D eigenvalue weighted by Crippen LogP contribution is 2.26. The highest BCUT2D eigenvalue weighted by Gasteiger charge is 2.05. The van der Waals surface area contributed by atoms with Crippen molar-refractivity contribution in [1.82, 2.24) is 0 Å². The van der Waals surface area contributed by atoms with E-state index in [9.17, 15) is 0 Å². The van der Waals surface area contributed by atoms with Crippen LogP contribution in [0.25, 0.3) is 0 Å². The second kappa shape index (κ2) is 7.31. The Labute approximate surface area is 127 Å². The van der Waals surface area contributed by atoms with E-state index in [1.54, 1.807) is 7.11 Å². The van der Waals surface area contributed by atoms with Gasteiger partial charge in [-0.2, -0.15) is 0 Å². The third-order valence-corrected chi connectivity index (χ3v) is 3.62. The number of halogens is 1. The number of rotatable bonds is 6. The Morgan fingerprint density at radius 2 is 1.90 bits per heavy atom. The van der Waals surface area contributed by atoms with E-state index in [1.165, 1.54) is 0 Å². The normalized spacial score (nSPS) is 10.3. The molecule has 20 heavy (non-hydrogen) atoms. The van der Waals surface area contributed by atoms with E-state index in [-0.39, 0.29) is 0 Å². The number of para-hydroxylation sites is 1. The lowest BCUT2D eigenvalue weighted by Crippen LogP contribution is -2.05. The molecule has 0 spiro atoms. The van der Waals surface area contributed by atoms with Crippen molar-refractivity contribution in [2.45, 2.75) is 13.0 Å². The van der Waals surface area contributed by atoms with E-state index in [1.807, 2.05) is 42.5 Å². The maximum absolute atomic E-state index is 5.89. The predicted octanol–water partition coefficient (Wildman–Crippen LogP) is 3.54. The summed E-state index contributed by atoms with van der Waals surface area (Å²) in [7, 11) is 1.65. The first kappa shape index (κ1) is 14.9. The van der Waals surface area contributed by atoms with Crippen LogP contribution in [0.4, 0.5) is 0 Å². The lowest BCUT2D eigenvalue weighted by molar-refractivity contribution is 0.302. The van der Waals surface area contributed by atoms with Gasteiger partial charge in [0.2, 0.25) is 0 Å². The Kier molecular flexibility index (Phi) is 5.44. The zero-order valence-corrected chi connectivity index (χ0v) is 13.0. The standard InChI is InChI=1S/C16H18BrNO2/c1-19-16-7-6-12(10-14(16)17)11-20-15-5-3-2-4-13(15)8-9-18/h2-7,10H,8-9,11,18H2,1H3. The second-order valence-corrected chi connectivity index (χ2v) is 5.26. The van der Waals surface area contributed by atoms with Crippen LogP contribution in [0.15, 0.2) is 46.9 Å². The van der Waals surface area contributed by atoms with E-state index >= 15 is 0 Å². The van der Waals surface area contributed by atoms with Gasteiger partial charge in [-0.3, -0.25) is 0 Å². The lowest BCUT2D eigenvalue weighted by Gasteiger charge is -2.12. The smallest absolute Gasteiger partial charge is 0.133 e. The van der Waals surface area contributed by atoms with Crippen LogP contribution in [0.2, 0.25) is 0 Å².